The Hall–Kier alpha value is -2.63. The van der Waals surface area contributed by atoms with Crippen molar-refractivity contribution in [2.24, 2.45) is 0 Å². The Morgan fingerprint density at radius 1 is 1.27 bits per heavy atom. The van der Waals surface area contributed by atoms with Crippen LogP contribution in [-0.4, -0.2) is 35.3 Å². The average Bonchev–Trinajstić information content (AvgIpc) is 2.96. The van der Waals surface area contributed by atoms with E-state index in [2.05, 4.69) is 15.2 Å². The molecular formula is C16H19N3O3. The molecule has 0 aliphatic heterocycles. The second-order valence-corrected chi connectivity index (χ2v) is 4.86. The highest BCUT2D eigenvalue weighted by atomic mass is 16.5. The standard InChI is InChI=1S/C16H19N3O3/c1-4-14-13(16(21)17-10-15(20)22-3)9-18-19(14)12-7-5-11(2)6-8-12/h5-9H,4,10H2,1-3H3,(H,17,21). The maximum Gasteiger partial charge on any atom is 0.325 e. The van der Waals surface area contributed by atoms with Gasteiger partial charge in [-0.15, -0.1) is 0 Å². The van der Waals surface area contributed by atoms with Crippen LogP contribution in [0.15, 0.2) is 30.5 Å². The molecule has 0 spiro atoms. The summed E-state index contributed by atoms with van der Waals surface area (Å²) >= 11 is 0. The molecule has 0 aliphatic rings. The minimum atomic E-state index is -0.489. The third-order valence-corrected chi connectivity index (χ3v) is 3.35. The topological polar surface area (TPSA) is 73.2 Å². The fourth-order valence-corrected chi connectivity index (χ4v) is 2.13. The first-order chi connectivity index (χ1) is 10.6. The number of rotatable bonds is 5. The van der Waals surface area contributed by atoms with E-state index in [1.54, 1.807) is 4.68 Å². The van der Waals surface area contributed by atoms with Crippen molar-refractivity contribution in [1.29, 1.82) is 0 Å². The number of aromatic nitrogens is 2. The monoisotopic (exact) mass is 301 g/mol. The lowest BCUT2D eigenvalue weighted by Crippen LogP contribution is -2.30. The highest BCUT2D eigenvalue weighted by Gasteiger charge is 2.17. The van der Waals surface area contributed by atoms with E-state index in [0.29, 0.717) is 12.0 Å². The van der Waals surface area contributed by atoms with Crippen molar-refractivity contribution in [3.63, 3.8) is 0 Å². The zero-order chi connectivity index (χ0) is 16.1. The Bertz CT molecular complexity index is 674. The number of aryl methyl sites for hydroxylation is 1. The number of nitrogens with one attached hydrogen (secondary N) is 1. The molecule has 0 atom stereocenters. The highest BCUT2D eigenvalue weighted by Crippen LogP contribution is 2.16. The summed E-state index contributed by atoms with van der Waals surface area (Å²) in [6.45, 7) is 3.81. The van der Waals surface area contributed by atoms with Crippen molar-refractivity contribution in [3.05, 3.63) is 47.3 Å². The third kappa shape index (κ3) is 3.33. The number of hydrogen-bond donors (Lipinski definition) is 1. The van der Waals surface area contributed by atoms with Gasteiger partial charge in [-0.1, -0.05) is 24.6 Å². The smallest absolute Gasteiger partial charge is 0.325 e. The number of carbonyl (C=O) groups excluding carboxylic acids is 2. The summed E-state index contributed by atoms with van der Waals surface area (Å²) in [4.78, 5) is 23.3. The number of benzene rings is 1. The van der Waals surface area contributed by atoms with E-state index >= 15 is 0 Å². The van der Waals surface area contributed by atoms with Crippen molar-refractivity contribution < 1.29 is 14.3 Å². The van der Waals surface area contributed by atoms with Gasteiger partial charge in [0, 0.05) is 0 Å². The molecule has 0 saturated heterocycles. The predicted octanol–water partition coefficient (Wildman–Crippen LogP) is 1.65. The fourth-order valence-electron chi connectivity index (χ4n) is 2.13. The molecule has 1 aromatic carbocycles. The Balaban J connectivity index is 2.25. The molecule has 116 valence electrons. The summed E-state index contributed by atoms with van der Waals surface area (Å²) in [6, 6.07) is 7.90. The molecule has 0 saturated carbocycles. The van der Waals surface area contributed by atoms with Gasteiger partial charge >= 0.3 is 5.97 Å². The molecule has 1 N–H and O–H groups in total. The normalized spacial score (nSPS) is 10.3. The molecule has 0 unspecified atom stereocenters. The van der Waals surface area contributed by atoms with Gasteiger partial charge in [0.25, 0.3) is 5.91 Å². The van der Waals surface area contributed by atoms with Crippen molar-refractivity contribution in [1.82, 2.24) is 15.1 Å². The van der Waals surface area contributed by atoms with Crippen molar-refractivity contribution in [2.75, 3.05) is 13.7 Å². The lowest BCUT2D eigenvalue weighted by Gasteiger charge is -2.08. The van der Waals surface area contributed by atoms with E-state index in [1.807, 2.05) is 38.1 Å². The molecular weight excluding hydrogens is 282 g/mol. The van der Waals surface area contributed by atoms with Crippen molar-refractivity contribution in [2.45, 2.75) is 20.3 Å². The van der Waals surface area contributed by atoms with Crippen LogP contribution >= 0.6 is 0 Å². The highest BCUT2D eigenvalue weighted by molar-refractivity contribution is 5.96. The van der Waals surface area contributed by atoms with Crippen molar-refractivity contribution in [3.8, 4) is 5.69 Å². The summed E-state index contributed by atoms with van der Waals surface area (Å²) in [5.41, 5.74) is 3.32. The summed E-state index contributed by atoms with van der Waals surface area (Å²) in [5, 5.41) is 6.83. The van der Waals surface area contributed by atoms with Gasteiger partial charge in [0.05, 0.1) is 30.3 Å². The molecule has 2 rings (SSSR count). The Morgan fingerprint density at radius 3 is 2.55 bits per heavy atom. The molecule has 6 nitrogen and oxygen atoms in total. The van der Waals surface area contributed by atoms with Crippen LogP contribution in [0.1, 0.15) is 28.5 Å². The van der Waals surface area contributed by atoms with E-state index in [0.717, 1.165) is 16.9 Å². The van der Waals surface area contributed by atoms with Gasteiger partial charge in [-0.3, -0.25) is 9.59 Å². The first-order valence-electron chi connectivity index (χ1n) is 7.05. The second kappa shape index (κ2) is 6.89. The van der Waals surface area contributed by atoms with E-state index in [-0.39, 0.29) is 12.5 Å². The van der Waals surface area contributed by atoms with Gasteiger partial charge in [-0.2, -0.15) is 5.10 Å². The molecule has 0 fully saturated rings. The fraction of sp³-hybridized carbons (Fsp3) is 0.312. The molecule has 1 aromatic heterocycles. The van der Waals surface area contributed by atoms with Crippen LogP contribution in [0.2, 0.25) is 0 Å². The quantitative estimate of drug-likeness (QED) is 0.852. The maximum absolute atomic E-state index is 12.2. The summed E-state index contributed by atoms with van der Waals surface area (Å²) in [5.74, 6) is -0.821. The maximum atomic E-state index is 12.2. The SMILES string of the molecule is CCc1c(C(=O)NCC(=O)OC)cnn1-c1ccc(C)cc1. The summed E-state index contributed by atoms with van der Waals surface area (Å²) in [6.07, 6.45) is 2.17. The Morgan fingerprint density at radius 2 is 1.95 bits per heavy atom. The van der Waals surface area contributed by atoms with Crippen LogP contribution < -0.4 is 5.32 Å². The van der Waals surface area contributed by atoms with Gasteiger partial charge in [-0.05, 0) is 25.5 Å². The van der Waals surface area contributed by atoms with E-state index < -0.39 is 5.97 Å². The minimum Gasteiger partial charge on any atom is -0.468 e. The zero-order valence-electron chi connectivity index (χ0n) is 12.9. The van der Waals surface area contributed by atoms with Gasteiger partial charge in [0.1, 0.15) is 6.54 Å². The van der Waals surface area contributed by atoms with Gasteiger partial charge in [0.15, 0.2) is 0 Å². The molecule has 22 heavy (non-hydrogen) atoms. The minimum absolute atomic E-state index is 0.159. The van der Waals surface area contributed by atoms with Gasteiger partial charge in [0.2, 0.25) is 0 Å². The van der Waals surface area contributed by atoms with E-state index in [9.17, 15) is 9.59 Å². The molecule has 0 bridgehead atoms. The summed E-state index contributed by atoms with van der Waals surface area (Å²) in [7, 11) is 1.28. The van der Waals surface area contributed by atoms with E-state index in [4.69, 9.17) is 0 Å². The number of esters is 1. The molecule has 1 amide bonds. The van der Waals surface area contributed by atoms with Crippen LogP contribution in [0.5, 0.6) is 0 Å². The van der Waals surface area contributed by atoms with Crippen LogP contribution in [-0.2, 0) is 16.0 Å². The van der Waals surface area contributed by atoms with Gasteiger partial charge < -0.3 is 10.1 Å². The van der Waals surface area contributed by atoms with Crippen LogP contribution in [0.25, 0.3) is 5.69 Å². The van der Waals surface area contributed by atoms with Crippen molar-refractivity contribution >= 4 is 11.9 Å². The first kappa shape index (κ1) is 15.8. The Kier molecular flexibility index (Phi) is 4.93. The molecule has 1 heterocycles. The predicted molar refractivity (Wildman–Crippen MR) is 82.0 cm³/mol. The van der Waals surface area contributed by atoms with Gasteiger partial charge in [-0.25, -0.2) is 4.68 Å². The number of carbonyl (C=O) groups is 2. The number of nitrogens with zero attached hydrogens (tertiary/aromatic N) is 2. The number of hydrogen-bond acceptors (Lipinski definition) is 4. The van der Waals surface area contributed by atoms with Crippen LogP contribution in [0, 0.1) is 6.92 Å². The average molecular weight is 301 g/mol. The molecule has 2 aromatic rings. The first-order valence-corrected chi connectivity index (χ1v) is 7.05. The zero-order valence-corrected chi connectivity index (χ0v) is 12.9. The lowest BCUT2D eigenvalue weighted by atomic mass is 10.1. The number of amides is 1. The van der Waals surface area contributed by atoms with E-state index in [1.165, 1.54) is 13.3 Å². The Labute approximate surface area is 129 Å². The third-order valence-electron chi connectivity index (χ3n) is 3.35. The molecule has 0 radical (unpaired) electrons. The van der Waals surface area contributed by atoms with Crippen LogP contribution in [0.3, 0.4) is 0 Å². The lowest BCUT2D eigenvalue weighted by molar-refractivity contribution is -0.139. The second-order valence-electron chi connectivity index (χ2n) is 4.86. The number of methoxy groups -OCH3 is 1. The number of ether oxygens (including phenoxy) is 1. The van der Waals surface area contributed by atoms with Crippen LogP contribution in [0.4, 0.5) is 0 Å². The largest absolute Gasteiger partial charge is 0.468 e. The summed E-state index contributed by atoms with van der Waals surface area (Å²) < 4.78 is 6.25. The molecule has 0 aliphatic carbocycles. The molecule has 6 heteroatoms.